The van der Waals surface area contributed by atoms with E-state index in [1.807, 2.05) is 13.8 Å². The Balaban J connectivity index is 2.07. The first kappa shape index (κ1) is 20.8. The van der Waals surface area contributed by atoms with Gasteiger partial charge in [0.2, 0.25) is 0 Å². The summed E-state index contributed by atoms with van der Waals surface area (Å²) in [7, 11) is 3.25. The molecule has 0 bridgehead atoms. The van der Waals surface area contributed by atoms with Crippen molar-refractivity contribution in [1.82, 2.24) is 0 Å². The Hall–Kier alpha value is -2.95. The highest BCUT2D eigenvalue weighted by Crippen LogP contribution is 2.44. The van der Waals surface area contributed by atoms with E-state index in [0.29, 0.717) is 5.75 Å². The normalized spacial score (nSPS) is 13.9. The summed E-state index contributed by atoms with van der Waals surface area (Å²) in [5.74, 6) is 1.25. The van der Waals surface area contributed by atoms with E-state index in [4.69, 9.17) is 9.47 Å². The molecule has 1 fully saturated rings. The van der Waals surface area contributed by atoms with Crippen molar-refractivity contribution in [3.63, 3.8) is 0 Å². The number of carbonyl (C=O) groups is 1. The summed E-state index contributed by atoms with van der Waals surface area (Å²) in [5.41, 5.74) is 5.83. The maximum atomic E-state index is 11.3. The van der Waals surface area contributed by atoms with E-state index in [0.717, 1.165) is 51.7 Å². The second-order valence-electron chi connectivity index (χ2n) is 7.64. The Morgan fingerprint density at radius 2 is 1.72 bits per heavy atom. The largest absolute Gasteiger partial charge is 0.496 e. The van der Waals surface area contributed by atoms with Crippen LogP contribution in [0.1, 0.15) is 36.5 Å². The predicted molar refractivity (Wildman–Crippen MR) is 117 cm³/mol. The Labute approximate surface area is 172 Å². The summed E-state index contributed by atoms with van der Waals surface area (Å²) in [5, 5.41) is 12.8. The monoisotopic (exact) mass is 395 g/mol. The fourth-order valence-electron chi connectivity index (χ4n) is 3.62. The van der Waals surface area contributed by atoms with Gasteiger partial charge in [0.25, 0.3) is 0 Å². The van der Waals surface area contributed by atoms with Gasteiger partial charge in [-0.3, -0.25) is 0 Å². The molecule has 5 heteroatoms. The predicted octanol–water partition coefficient (Wildman–Crippen LogP) is 5.30. The molecule has 0 aromatic heterocycles. The fraction of sp³-hybridized carbons (Fsp3) is 0.375. The van der Waals surface area contributed by atoms with Crippen LogP contribution in [0.3, 0.4) is 0 Å². The minimum absolute atomic E-state index is 0.242. The van der Waals surface area contributed by atoms with Crippen LogP contribution in [0.5, 0.6) is 11.5 Å². The van der Waals surface area contributed by atoms with Gasteiger partial charge in [-0.15, -0.1) is 0 Å². The maximum Gasteiger partial charge on any atom is 0.331 e. The molecule has 0 radical (unpaired) electrons. The molecule has 0 heterocycles. The molecule has 0 atom stereocenters. The molecule has 0 spiro atoms. The summed E-state index contributed by atoms with van der Waals surface area (Å²) in [6.45, 7) is 6.50. The number of hydrogen-bond donors (Lipinski definition) is 2. The Morgan fingerprint density at radius 1 is 1.10 bits per heavy atom. The Morgan fingerprint density at radius 3 is 2.24 bits per heavy atom. The summed E-state index contributed by atoms with van der Waals surface area (Å²) in [6.07, 6.45) is 4.28. The average Bonchev–Trinajstić information content (AvgIpc) is 3.53. The van der Waals surface area contributed by atoms with Gasteiger partial charge in [0.15, 0.2) is 0 Å². The molecule has 5 nitrogen and oxygen atoms in total. The zero-order valence-corrected chi connectivity index (χ0v) is 17.8. The van der Waals surface area contributed by atoms with Crippen molar-refractivity contribution in [2.24, 2.45) is 5.92 Å². The van der Waals surface area contributed by atoms with Crippen LogP contribution in [0.2, 0.25) is 0 Å². The lowest BCUT2D eigenvalue weighted by atomic mass is 9.91. The van der Waals surface area contributed by atoms with Crippen molar-refractivity contribution < 1.29 is 19.4 Å². The SMILES string of the molecule is COc1c(C)c(-c2ccc(NCC3CC3)cc2)c(OC)c(C)c1/C=C(\C)C(=O)O. The van der Waals surface area contributed by atoms with Crippen LogP contribution in [-0.4, -0.2) is 31.8 Å². The number of benzene rings is 2. The topological polar surface area (TPSA) is 67.8 Å². The summed E-state index contributed by atoms with van der Waals surface area (Å²) in [4.78, 5) is 11.3. The first-order valence-electron chi connectivity index (χ1n) is 9.88. The molecule has 0 amide bonds. The molecule has 2 aromatic carbocycles. The van der Waals surface area contributed by atoms with Gasteiger partial charge in [0.05, 0.1) is 14.2 Å². The number of rotatable bonds is 8. The average molecular weight is 395 g/mol. The van der Waals surface area contributed by atoms with Gasteiger partial charge in [-0.25, -0.2) is 4.79 Å². The van der Waals surface area contributed by atoms with Gasteiger partial charge >= 0.3 is 5.97 Å². The van der Waals surface area contributed by atoms with E-state index in [9.17, 15) is 9.90 Å². The van der Waals surface area contributed by atoms with E-state index in [-0.39, 0.29) is 5.57 Å². The number of methoxy groups -OCH3 is 2. The standard InChI is InChI=1S/C24H29NO4/c1-14(24(26)27)12-20-15(2)23(29-5)21(16(3)22(20)28-4)18-8-10-19(11-9-18)25-13-17-6-7-17/h8-12,17,25H,6-7,13H2,1-5H3,(H,26,27)/b14-12+. The summed E-state index contributed by atoms with van der Waals surface area (Å²) >= 11 is 0. The zero-order valence-electron chi connectivity index (χ0n) is 17.8. The molecule has 2 aromatic rings. The van der Waals surface area contributed by atoms with E-state index in [2.05, 4.69) is 29.6 Å². The lowest BCUT2D eigenvalue weighted by Crippen LogP contribution is -2.04. The first-order valence-corrected chi connectivity index (χ1v) is 9.88. The van der Waals surface area contributed by atoms with Gasteiger partial charge < -0.3 is 19.9 Å². The number of anilines is 1. The van der Waals surface area contributed by atoms with Gasteiger partial charge in [-0.05, 0) is 63.3 Å². The molecule has 2 N–H and O–H groups in total. The number of carboxylic acids is 1. The number of hydrogen-bond acceptors (Lipinski definition) is 4. The summed E-state index contributed by atoms with van der Waals surface area (Å²) < 4.78 is 11.5. The maximum absolute atomic E-state index is 11.3. The lowest BCUT2D eigenvalue weighted by Gasteiger charge is -2.21. The van der Waals surface area contributed by atoms with Gasteiger partial charge in [-0.2, -0.15) is 0 Å². The number of aliphatic carboxylic acids is 1. The van der Waals surface area contributed by atoms with Crippen LogP contribution in [0.25, 0.3) is 17.2 Å². The van der Waals surface area contributed by atoms with Gasteiger partial charge in [0.1, 0.15) is 11.5 Å². The quantitative estimate of drug-likeness (QED) is 0.594. The molecule has 1 aliphatic rings. The minimum atomic E-state index is -0.957. The van der Waals surface area contributed by atoms with Crippen molar-refractivity contribution in [3.8, 4) is 22.6 Å². The third kappa shape index (κ3) is 4.39. The smallest absolute Gasteiger partial charge is 0.331 e. The summed E-state index contributed by atoms with van der Waals surface area (Å²) in [6, 6.07) is 8.33. The first-order chi connectivity index (χ1) is 13.9. The molecule has 154 valence electrons. The highest BCUT2D eigenvalue weighted by atomic mass is 16.5. The molecule has 0 unspecified atom stereocenters. The number of carboxylic acid groups (broad SMARTS) is 1. The van der Waals surface area contributed by atoms with E-state index < -0.39 is 5.97 Å². The van der Waals surface area contributed by atoms with Crippen LogP contribution in [0.15, 0.2) is 29.8 Å². The Bertz CT molecular complexity index is 941. The second-order valence-corrected chi connectivity index (χ2v) is 7.64. The molecule has 1 saturated carbocycles. The highest BCUT2D eigenvalue weighted by molar-refractivity contribution is 5.93. The van der Waals surface area contributed by atoms with Crippen LogP contribution < -0.4 is 14.8 Å². The van der Waals surface area contributed by atoms with Gasteiger partial charge in [0, 0.05) is 40.1 Å². The van der Waals surface area contributed by atoms with Crippen molar-refractivity contribution >= 4 is 17.7 Å². The van der Waals surface area contributed by atoms with Crippen molar-refractivity contribution in [3.05, 3.63) is 46.5 Å². The van der Waals surface area contributed by atoms with Crippen LogP contribution in [-0.2, 0) is 4.79 Å². The molecule has 0 aliphatic heterocycles. The van der Waals surface area contributed by atoms with E-state index in [1.54, 1.807) is 27.2 Å². The third-order valence-electron chi connectivity index (χ3n) is 5.50. The third-order valence-corrected chi connectivity index (χ3v) is 5.50. The highest BCUT2D eigenvalue weighted by Gasteiger charge is 2.22. The fourth-order valence-corrected chi connectivity index (χ4v) is 3.62. The molecule has 1 aliphatic carbocycles. The molecular formula is C24H29NO4. The molecule has 0 saturated heterocycles. The van der Waals surface area contributed by atoms with E-state index >= 15 is 0 Å². The van der Waals surface area contributed by atoms with Crippen LogP contribution in [0.4, 0.5) is 5.69 Å². The lowest BCUT2D eigenvalue weighted by molar-refractivity contribution is -0.132. The molecule has 29 heavy (non-hydrogen) atoms. The minimum Gasteiger partial charge on any atom is -0.496 e. The zero-order chi connectivity index (χ0) is 21.1. The van der Waals surface area contributed by atoms with Crippen molar-refractivity contribution in [1.29, 1.82) is 0 Å². The van der Waals surface area contributed by atoms with Crippen molar-refractivity contribution in [2.45, 2.75) is 33.6 Å². The molecular weight excluding hydrogens is 366 g/mol. The van der Waals surface area contributed by atoms with Crippen LogP contribution >= 0.6 is 0 Å². The van der Waals surface area contributed by atoms with Gasteiger partial charge in [-0.1, -0.05) is 12.1 Å². The number of ether oxygens (including phenoxy) is 2. The number of nitrogens with one attached hydrogen (secondary N) is 1. The Kier molecular flexibility index (Phi) is 6.16. The van der Waals surface area contributed by atoms with Crippen molar-refractivity contribution in [2.75, 3.05) is 26.1 Å². The molecule has 3 rings (SSSR count). The van der Waals surface area contributed by atoms with Crippen LogP contribution in [0, 0.1) is 19.8 Å². The van der Waals surface area contributed by atoms with E-state index in [1.165, 1.54) is 12.8 Å². The second kappa shape index (κ2) is 8.60.